The van der Waals surface area contributed by atoms with Crippen molar-refractivity contribution < 1.29 is 4.79 Å². The van der Waals surface area contributed by atoms with Gasteiger partial charge in [0.25, 0.3) is 0 Å². The number of hydrogen-bond donors (Lipinski definition) is 1. The molecule has 5 nitrogen and oxygen atoms in total. The van der Waals surface area contributed by atoms with E-state index >= 15 is 0 Å². The molecule has 23 heavy (non-hydrogen) atoms. The van der Waals surface area contributed by atoms with Gasteiger partial charge in [0.05, 0.1) is 0 Å². The zero-order valence-corrected chi connectivity index (χ0v) is 13.9. The highest BCUT2D eigenvalue weighted by Crippen LogP contribution is 2.41. The van der Waals surface area contributed by atoms with Crippen molar-refractivity contribution in [3.05, 3.63) is 47.4 Å². The molecule has 0 unspecified atom stereocenters. The minimum Gasteiger partial charge on any atom is -0.328 e. The summed E-state index contributed by atoms with van der Waals surface area (Å²) in [6.07, 6.45) is 5.08. The van der Waals surface area contributed by atoms with Gasteiger partial charge in [-0.2, -0.15) is 10.1 Å². The number of nitrogens with zero attached hydrogens (tertiary/aromatic N) is 3. The Labute approximate surface area is 139 Å². The fourth-order valence-corrected chi connectivity index (χ4v) is 3.85. The summed E-state index contributed by atoms with van der Waals surface area (Å²) in [5, 5.41) is 7.66. The molecule has 0 amide bonds. The number of aromatic nitrogens is 3. The van der Waals surface area contributed by atoms with Crippen LogP contribution < -0.4 is 5.32 Å². The Kier molecular flexibility index (Phi) is 3.49. The topological polar surface area (TPSA) is 59.8 Å². The molecular formula is C17H18N4OS. The molecule has 1 N–H and O–H groups in total. The molecule has 0 fully saturated rings. The lowest BCUT2D eigenvalue weighted by atomic mass is 9.81. The molecule has 2 aliphatic rings. The first-order chi connectivity index (χ1) is 11.2. The van der Waals surface area contributed by atoms with Crippen LogP contribution in [0.4, 0.5) is 5.95 Å². The Morgan fingerprint density at radius 3 is 2.78 bits per heavy atom. The molecule has 0 saturated heterocycles. The largest absolute Gasteiger partial charge is 0.328 e. The number of allylic oxidation sites excluding steroid dienone is 2. The fourth-order valence-electron chi connectivity index (χ4n) is 3.44. The van der Waals surface area contributed by atoms with E-state index in [1.807, 2.05) is 4.68 Å². The summed E-state index contributed by atoms with van der Waals surface area (Å²) >= 11 is 1.71. The van der Waals surface area contributed by atoms with Gasteiger partial charge in [0, 0.05) is 22.6 Å². The molecular weight excluding hydrogens is 308 g/mol. The predicted molar refractivity (Wildman–Crippen MR) is 90.4 cm³/mol. The molecule has 0 bridgehead atoms. The molecule has 2 heterocycles. The van der Waals surface area contributed by atoms with Gasteiger partial charge in [0.1, 0.15) is 12.4 Å². The van der Waals surface area contributed by atoms with Crippen LogP contribution in [0.5, 0.6) is 0 Å². The van der Waals surface area contributed by atoms with Gasteiger partial charge in [-0.15, -0.1) is 11.8 Å². The number of carbonyl (C=O) groups excluding carboxylic acids is 1. The molecule has 2 atom stereocenters. The lowest BCUT2D eigenvalue weighted by Crippen LogP contribution is -2.33. The highest BCUT2D eigenvalue weighted by molar-refractivity contribution is 7.98. The summed E-state index contributed by atoms with van der Waals surface area (Å²) in [4.78, 5) is 18.2. The van der Waals surface area contributed by atoms with Crippen LogP contribution in [0.3, 0.4) is 0 Å². The van der Waals surface area contributed by atoms with E-state index in [-0.39, 0.29) is 11.8 Å². The summed E-state index contributed by atoms with van der Waals surface area (Å²) in [6.45, 7) is 2.12. The van der Waals surface area contributed by atoms with E-state index < -0.39 is 0 Å². The molecule has 1 aliphatic carbocycles. The number of rotatable bonds is 2. The van der Waals surface area contributed by atoms with Crippen LogP contribution in [0.25, 0.3) is 0 Å². The monoisotopic (exact) mass is 326 g/mol. The summed E-state index contributed by atoms with van der Waals surface area (Å²) < 4.78 is 1.82. The predicted octanol–water partition coefficient (Wildman–Crippen LogP) is 3.27. The van der Waals surface area contributed by atoms with Gasteiger partial charge in [-0.1, -0.05) is 19.1 Å². The molecule has 0 spiro atoms. The van der Waals surface area contributed by atoms with E-state index in [1.54, 1.807) is 11.8 Å². The molecule has 0 saturated carbocycles. The highest BCUT2D eigenvalue weighted by atomic mass is 32.2. The second-order valence-corrected chi connectivity index (χ2v) is 7.04. The van der Waals surface area contributed by atoms with Gasteiger partial charge in [0.15, 0.2) is 5.78 Å². The van der Waals surface area contributed by atoms with Crippen molar-refractivity contribution >= 4 is 23.5 Å². The highest BCUT2D eigenvalue weighted by Gasteiger charge is 2.37. The van der Waals surface area contributed by atoms with Crippen LogP contribution in [-0.2, 0) is 4.79 Å². The SMILES string of the molecule is CSc1ccc([C@H]2C3=C(C[C@@H](C)CC3=O)Nc3ncnn32)cc1. The molecule has 1 aromatic carbocycles. The van der Waals surface area contributed by atoms with Crippen LogP contribution in [-0.4, -0.2) is 26.8 Å². The third kappa shape index (κ3) is 2.37. The molecule has 4 rings (SSSR count). The van der Waals surface area contributed by atoms with Crippen molar-refractivity contribution in [1.82, 2.24) is 14.8 Å². The van der Waals surface area contributed by atoms with Crippen molar-refractivity contribution in [2.24, 2.45) is 5.92 Å². The Morgan fingerprint density at radius 1 is 1.26 bits per heavy atom. The fraction of sp³-hybridized carbons (Fsp3) is 0.353. The summed E-state index contributed by atoms with van der Waals surface area (Å²) in [5.74, 6) is 1.29. The van der Waals surface area contributed by atoms with E-state index in [0.29, 0.717) is 18.3 Å². The number of carbonyl (C=O) groups is 1. The number of fused-ring (bicyclic) bond motifs is 1. The van der Waals surface area contributed by atoms with E-state index in [1.165, 1.54) is 11.2 Å². The van der Waals surface area contributed by atoms with E-state index in [0.717, 1.165) is 23.3 Å². The summed E-state index contributed by atoms with van der Waals surface area (Å²) in [7, 11) is 0. The summed E-state index contributed by atoms with van der Waals surface area (Å²) in [5.41, 5.74) is 2.93. The Hall–Kier alpha value is -2.08. The Bertz CT molecular complexity index is 793. The van der Waals surface area contributed by atoms with Crippen LogP contribution in [0, 0.1) is 5.92 Å². The lowest BCUT2D eigenvalue weighted by molar-refractivity contribution is -0.117. The van der Waals surface area contributed by atoms with Crippen molar-refractivity contribution in [3.8, 4) is 0 Å². The first kappa shape index (κ1) is 14.5. The number of nitrogens with one attached hydrogen (secondary N) is 1. The quantitative estimate of drug-likeness (QED) is 0.858. The number of hydrogen-bond acceptors (Lipinski definition) is 5. The van der Waals surface area contributed by atoms with Crippen LogP contribution >= 0.6 is 11.8 Å². The maximum Gasteiger partial charge on any atom is 0.226 e. The van der Waals surface area contributed by atoms with E-state index in [2.05, 4.69) is 52.8 Å². The maximum absolute atomic E-state index is 12.7. The van der Waals surface area contributed by atoms with Gasteiger partial charge in [-0.3, -0.25) is 4.79 Å². The molecule has 1 aromatic heterocycles. The standard InChI is InChI=1S/C17H18N4OS/c1-10-7-13-15(14(22)8-10)16(21-17(20-13)18-9-19-21)11-3-5-12(23-2)6-4-11/h3-6,9-10,16H,7-8H2,1-2H3,(H,18,19,20)/t10-,16+/m1/s1. The normalized spacial score (nSPS) is 23.3. The van der Waals surface area contributed by atoms with Crippen LogP contribution in [0.15, 0.2) is 46.8 Å². The first-order valence-corrected chi connectivity index (χ1v) is 8.96. The Balaban J connectivity index is 1.85. The second-order valence-electron chi connectivity index (χ2n) is 6.16. The molecule has 6 heteroatoms. The average Bonchev–Trinajstić information content (AvgIpc) is 3.00. The maximum atomic E-state index is 12.7. The van der Waals surface area contributed by atoms with Gasteiger partial charge in [-0.25, -0.2) is 4.68 Å². The third-order valence-electron chi connectivity index (χ3n) is 4.50. The van der Waals surface area contributed by atoms with E-state index in [4.69, 9.17) is 0 Å². The zero-order chi connectivity index (χ0) is 16.0. The summed E-state index contributed by atoms with van der Waals surface area (Å²) in [6, 6.07) is 8.18. The smallest absolute Gasteiger partial charge is 0.226 e. The van der Waals surface area contributed by atoms with Crippen LogP contribution in [0.2, 0.25) is 0 Å². The number of thioether (sulfide) groups is 1. The molecule has 0 radical (unpaired) electrons. The van der Waals surface area contributed by atoms with Crippen molar-refractivity contribution in [1.29, 1.82) is 0 Å². The van der Waals surface area contributed by atoms with Crippen molar-refractivity contribution in [3.63, 3.8) is 0 Å². The number of benzene rings is 1. The number of Topliss-reactive ketones (excluding diaryl/α,β-unsaturated/α-hetero) is 1. The molecule has 118 valence electrons. The second kappa shape index (κ2) is 5.53. The van der Waals surface area contributed by atoms with Crippen molar-refractivity contribution in [2.75, 3.05) is 11.6 Å². The minimum absolute atomic E-state index is 0.181. The lowest BCUT2D eigenvalue weighted by Gasteiger charge is -2.34. The minimum atomic E-state index is -0.181. The third-order valence-corrected chi connectivity index (χ3v) is 5.24. The van der Waals surface area contributed by atoms with Gasteiger partial charge in [0.2, 0.25) is 5.95 Å². The van der Waals surface area contributed by atoms with E-state index in [9.17, 15) is 4.79 Å². The number of anilines is 1. The number of ketones is 1. The Morgan fingerprint density at radius 2 is 2.04 bits per heavy atom. The first-order valence-electron chi connectivity index (χ1n) is 7.74. The van der Waals surface area contributed by atoms with Crippen molar-refractivity contribution in [2.45, 2.75) is 30.7 Å². The average molecular weight is 326 g/mol. The van der Waals surface area contributed by atoms with Crippen LogP contribution in [0.1, 0.15) is 31.4 Å². The molecule has 2 aromatic rings. The zero-order valence-electron chi connectivity index (χ0n) is 13.1. The van der Waals surface area contributed by atoms with Gasteiger partial charge < -0.3 is 5.32 Å². The molecule has 1 aliphatic heterocycles. The van der Waals surface area contributed by atoms with Gasteiger partial charge in [-0.05, 0) is 36.3 Å². The van der Waals surface area contributed by atoms with Gasteiger partial charge >= 0.3 is 0 Å².